The van der Waals surface area contributed by atoms with E-state index in [0.717, 1.165) is 30.0 Å². The van der Waals surface area contributed by atoms with Crippen molar-refractivity contribution in [2.24, 2.45) is 0 Å². The highest BCUT2D eigenvalue weighted by Crippen LogP contribution is 2.36. The molecule has 2 unspecified atom stereocenters. The fourth-order valence-corrected chi connectivity index (χ4v) is 5.93. The maximum Gasteiger partial charge on any atom is 0.140 e. The highest BCUT2D eigenvalue weighted by Gasteiger charge is 2.31. The minimum Gasteiger partial charge on any atom is -0.368 e. The van der Waals surface area contributed by atoms with Gasteiger partial charge in [-0.25, -0.2) is 0 Å². The van der Waals surface area contributed by atoms with Crippen molar-refractivity contribution in [2.75, 3.05) is 30.4 Å². The molecule has 2 aliphatic rings. The van der Waals surface area contributed by atoms with Crippen molar-refractivity contribution in [3.8, 4) is 0 Å². The second-order valence-electron chi connectivity index (χ2n) is 9.13. The van der Waals surface area contributed by atoms with Crippen LogP contribution in [0.25, 0.3) is 0 Å². The Morgan fingerprint density at radius 1 is 1.09 bits per heavy atom. The monoisotopic (exact) mass is 444 g/mol. The van der Waals surface area contributed by atoms with Crippen LogP contribution in [0.3, 0.4) is 0 Å². The third kappa shape index (κ3) is 4.59. The molecule has 0 bridgehead atoms. The van der Waals surface area contributed by atoms with Crippen LogP contribution >= 0.6 is 11.3 Å². The van der Waals surface area contributed by atoms with E-state index in [1.54, 1.807) is 11.3 Å². The molecule has 32 heavy (non-hydrogen) atoms. The number of hydrogen-bond acceptors (Lipinski definition) is 4. The Balaban J connectivity index is 1.34. The van der Waals surface area contributed by atoms with E-state index >= 15 is 0 Å². The number of benzene rings is 2. The van der Waals surface area contributed by atoms with Gasteiger partial charge < -0.3 is 15.1 Å². The SMILES string of the molecule is CN1CCCC1CCN1c2ccc(NC(=N)c3cccs3)cc2CC1Cc1ccccc1. The molecule has 5 rings (SSSR count). The summed E-state index contributed by atoms with van der Waals surface area (Å²) in [5.41, 5.74) is 5.19. The van der Waals surface area contributed by atoms with Crippen molar-refractivity contribution in [1.29, 1.82) is 5.41 Å². The van der Waals surface area contributed by atoms with Crippen LogP contribution in [0.5, 0.6) is 0 Å². The lowest BCUT2D eigenvalue weighted by molar-refractivity contribution is 0.296. The fraction of sp³-hybridized carbons (Fsp3) is 0.370. The fourth-order valence-electron chi connectivity index (χ4n) is 5.30. The van der Waals surface area contributed by atoms with Crippen LogP contribution in [0.2, 0.25) is 0 Å². The summed E-state index contributed by atoms with van der Waals surface area (Å²) in [7, 11) is 2.28. The number of rotatable bonds is 7. The maximum absolute atomic E-state index is 8.37. The second-order valence-corrected chi connectivity index (χ2v) is 10.1. The number of anilines is 2. The average Bonchev–Trinajstić information content (AvgIpc) is 3.54. The normalized spacial score (nSPS) is 20.5. The Morgan fingerprint density at radius 3 is 2.72 bits per heavy atom. The number of hydrogen-bond donors (Lipinski definition) is 2. The summed E-state index contributed by atoms with van der Waals surface area (Å²) in [5, 5.41) is 13.7. The van der Waals surface area contributed by atoms with Gasteiger partial charge in [0.05, 0.1) is 4.88 Å². The second kappa shape index (κ2) is 9.47. The number of likely N-dealkylation sites (tertiary alicyclic amines) is 1. The third-order valence-electron chi connectivity index (χ3n) is 7.01. The molecule has 2 aromatic carbocycles. The molecule has 1 saturated heterocycles. The third-order valence-corrected chi connectivity index (χ3v) is 7.90. The van der Waals surface area contributed by atoms with Crippen LogP contribution in [0.4, 0.5) is 11.4 Å². The van der Waals surface area contributed by atoms with Crippen molar-refractivity contribution in [3.63, 3.8) is 0 Å². The first-order valence-corrected chi connectivity index (χ1v) is 12.6. The van der Waals surface area contributed by atoms with Crippen molar-refractivity contribution < 1.29 is 0 Å². The molecule has 3 aromatic rings. The predicted molar refractivity (Wildman–Crippen MR) is 136 cm³/mol. The zero-order chi connectivity index (χ0) is 21.9. The smallest absolute Gasteiger partial charge is 0.140 e. The first-order chi connectivity index (χ1) is 15.7. The van der Waals surface area contributed by atoms with E-state index in [0.29, 0.717) is 17.9 Å². The van der Waals surface area contributed by atoms with E-state index in [1.807, 2.05) is 17.5 Å². The average molecular weight is 445 g/mol. The van der Waals surface area contributed by atoms with E-state index in [2.05, 4.69) is 70.7 Å². The van der Waals surface area contributed by atoms with E-state index in [-0.39, 0.29) is 0 Å². The molecule has 0 amide bonds. The van der Waals surface area contributed by atoms with Gasteiger partial charge in [0.1, 0.15) is 5.84 Å². The molecule has 1 fully saturated rings. The van der Waals surface area contributed by atoms with E-state index in [4.69, 9.17) is 5.41 Å². The molecule has 0 radical (unpaired) electrons. The summed E-state index contributed by atoms with van der Waals surface area (Å²) in [6.07, 6.45) is 6.02. The van der Waals surface area contributed by atoms with Gasteiger partial charge in [-0.3, -0.25) is 5.41 Å². The minimum atomic E-state index is 0.472. The molecule has 4 nitrogen and oxygen atoms in total. The molecule has 0 saturated carbocycles. The lowest BCUT2D eigenvalue weighted by Gasteiger charge is -2.30. The summed E-state index contributed by atoms with van der Waals surface area (Å²) < 4.78 is 0. The number of amidine groups is 1. The van der Waals surface area contributed by atoms with Gasteiger partial charge in [0, 0.05) is 30.0 Å². The van der Waals surface area contributed by atoms with Crippen molar-refractivity contribution in [2.45, 2.75) is 44.2 Å². The van der Waals surface area contributed by atoms with Gasteiger partial charge >= 0.3 is 0 Å². The summed E-state index contributed by atoms with van der Waals surface area (Å²) >= 11 is 1.60. The zero-order valence-electron chi connectivity index (χ0n) is 18.8. The van der Waals surface area contributed by atoms with Gasteiger partial charge in [-0.15, -0.1) is 11.3 Å². The molecule has 5 heteroatoms. The molecule has 2 N–H and O–H groups in total. The molecule has 3 heterocycles. The zero-order valence-corrected chi connectivity index (χ0v) is 19.6. The maximum atomic E-state index is 8.37. The Kier molecular flexibility index (Phi) is 6.28. The summed E-state index contributed by atoms with van der Waals surface area (Å²) in [6.45, 7) is 2.34. The lowest BCUT2D eigenvalue weighted by Crippen LogP contribution is -2.37. The molecular formula is C27H32N4S. The van der Waals surface area contributed by atoms with Crippen LogP contribution < -0.4 is 10.2 Å². The number of nitrogens with zero attached hydrogens (tertiary/aromatic N) is 2. The Hall–Kier alpha value is -2.63. The quantitative estimate of drug-likeness (QED) is 0.366. The molecule has 2 atom stereocenters. The van der Waals surface area contributed by atoms with Gasteiger partial charge in [-0.2, -0.15) is 0 Å². The Labute approximate surface area is 195 Å². The molecular weight excluding hydrogens is 412 g/mol. The van der Waals surface area contributed by atoms with Crippen LogP contribution in [0, 0.1) is 5.41 Å². The van der Waals surface area contributed by atoms with E-state index in [9.17, 15) is 0 Å². The van der Waals surface area contributed by atoms with Crippen LogP contribution in [0.15, 0.2) is 66.0 Å². The summed E-state index contributed by atoms with van der Waals surface area (Å²) in [6, 6.07) is 22.7. The van der Waals surface area contributed by atoms with Crippen molar-refractivity contribution in [3.05, 3.63) is 82.0 Å². The summed E-state index contributed by atoms with van der Waals surface area (Å²) in [4.78, 5) is 6.16. The van der Waals surface area contributed by atoms with Crippen molar-refractivity contribution >= 4 is 28.5 Å². The number of nitrogens with one attached hydrogen (secondary N) is 2. The van der Waals surface area contributed by atoms with Crippen LogP contribution in [-0.2, 0) is 12.8 Å². The Bertz CT molecular complexity index is 1050. The predicted octanol–water partition coefficient (Wildman–Crippen LogP) is 5.64. The van der Waals surface area contributed by atoms with Gasteiger partial charge in [-0.1, -0.05) is 36.4 Å². The first-order valence-electron chi connectivity index (χ1n) is 11.7. The largest absolute Gasteiger partial charge is 0.368 e. The highest BCUT2D eigenvalue weighted by molar-refractivity contribution is 7.12. The lowest BCUT2D eigenvalue weighted by atomic mass is 10.0. The van der Waals surface area contributed by atoms with E-state index in [1.165, 1.54) is 42.6 Å². The standard InChI is InChI=1S/C27H32N4S/c1-30-14-5-9-23(30)13-15-31-24(17-20-7-3-2-4-8-20)19-21-18-22(11-12-25(21)31)29-27(28)26-10-6-16-32-26/h2-4,6-8,10-12,16,18,23-24H,5,9,13-15,17,19H2,1H3,(H2,28,29). The minimum absolute atomic E-state index is 0.472. The molecule has 166 valence electrons. The molecule has 2 aliphatic heterocycles. The first kappa shape index (κ1) is 21.2. The number of thiophene rings is 1. The van der Waals surface area contributed by atoms with Crippen LogP contribution in [-0.4, -0.2) is 43.0 Å². The molecule has 0 aliphatic carbocycles. The van der Waals surface area contributed by atoms with Gasteiger partial charge in [0.15, 0.2) is 0 Å². The van der Waals surface area contributed by atoms with Crippen LogP contribution in [0.1, 0.15) is 35.3 Å². The van der Waals surface area contributed by atoms with Crippen molar-refractivity contribution in [1.82, 2.24) is 4.90 Å². The van der Waals surface area contributed by atoms with Gasteiger partial charge in [0.2, 0.25) is 0 Å². The number of fused-ring (bicyclic) bond motifs is 1. The molecule has 1 aromatic heterocycles. The van der Waals surface area contributed by atoms with Gasteiger partial charge in [-0.05, 0) is 86.5 Å². The van der Waals surface area contributed by atoms with E-state index < -0.39 is 0 Å². The molecule has 0 spiro atoms. The highest BCUT2D eigenvalue weighted by atomic mass is 32.1. The van der Waals surface area contributed by atoms with Gasteiger partial charge in [0.25, 0.3) is 0 Å². The Morgan fingerprint density at radius 2 is 1.97 bits per heavy atom. The topological polar surface area (TPSA) is 42.4 Å². The summed E-state index contributed by atoms with van der Waals surface area (Å²) in [5.74, 6) is 0.472.